The zero-order chi connectivity index (χ0) is 98.3. The van der Waals surface area contributed by atoms with E-state index >= 15 is 0 Å². The number of ether oxygens (including phenoxy) is 6. The maximum absolute atomic E-state index is 14.2. The van der Waals surface area contributed by atoms with Crippen molar-refractivity contribution in [2.75, 3.05) is 46.1 Å². The van der Waals surface area contributed by atoms with Crippen molar-refractivity contribution in [3.05, 3.63) is 391 Å². The number of hydrogen-bond donors (Lipinski definition) is 0. The largest absolute Gasteiger partial charge is 2.00 e. The third-order valence-corrected chi connectivity index (χ3v) is 29.0. The Balaban J connectivity index is 0.000000302. The SMILES string of the molecule is CC(C)(C)c1ccc(C(c2ccc(OCCCC3=C[C@@H]4C[C@H]3C[C@@H]4C(=O)N3CCN(CCCOc4ccc(C(c5ccc(C(C)(C)C)cc5)(c5ccc(C(C)(C)C)cc5)c5ccc(C(C)(C)C)cc5)cc4)C3=O)cc2)(c2ccc(C(C)(C)C)cc2)c2ccc(C(C)(C)C)cc2)cc1.[Cu+2].c1cc2nc(c1)-c1cccc(n1)COCc1ccc(cc1)OCCCCCCCCCCOc1ccc(cc1)COC2. The molecule has 140 heavy (non-hydrogen) atoms. The van der Waals surface area contributed by atoms with Crippen molar-refractivity contribution in [3.63, 3.8) is 0 Å². The average molecular weight is 1930 g/mol. The molecule has 3 amide bonds. The van der Waals surface area contributed by atoms with E-state index in [1.54, 1.807) is 0 Å². The normalized spacial score (nSPS) is 16.9. The summed E-state index contributed by atoms with van der Waals surface area (Å²) in [4.78, 5) is 41.2. The first-order chi connectivity index (χ1) is 66.5. The summed E-state index contributed by atoms with van der Waals surface area (Å²) >= 11 is 0. The molecule has 2 aromatic heterocycles. The van der Waals surface area contributed by atoms with Crippen LogP contribution in [-0.4, -0.2) is 77.8 Å². The molecule has 7 heterocycles. The number of rotatable bonds is 19. The number of benzene rings is 10. The van der Waals surface area contributed by atoms with Crippen molar-refractivity contribution in [2.24, 2.45) is 17.8 Å². The fourth-order valence-corrected chi connectivity index (χ4v) is 20.5. The monoisotopic (exact) mass is 1920 g/mol. The molecule has 12 aromatic rings. The molecule has 2 aliphatic carbocycles. The molecule has 0 unspecified atom stereocenters. The number of hydrogen-bond acceptors (Lipinski definition) is 10. The Morgan fingerprint density at radius 1 is 0.350 bits per heavy atom. The first-order valence-corrected chi connectivity index (χ1v) is 51.4. The maximum atomic E-state index is 14.2. The Hall–Kier alpha value is -11.2. The van der Waals surface area contributed by atoms with Gasteiger partial charge in [-0.15, -0.1) is 0 Å². The second-order valence-electron chi connectivity index (χ2n) is 45.4. The molecule has 2 fully saturated rings. The van der Waals surface area contributed by atoms with Gasteiger partial charge in [0.1, 0.15) is 23.0 Å². The first kappa shape index (κ1) is 105. The number of imide groups is 1. The summed E-state index contributed by atoms with van der Waals surface area (Å²) in [6.45, 7) is 46.9. The van der Waals surface area contributed by atoms with Gasteiger partial charge in [-0.3, -0.25) is 9.69 Å². The van der Waals surface area contributed by atoms with E-state index in [0.717, 1.165) is 114 Å². The summed E-state index contributed by atoms with van der Waals surface area (Å²) in [7, 11) is 0. The van der Waals surface area contributed by atoms with Crippen LogP contribution in [0.4, 0.5) is 4.79 Å². The van der Waals surface area contributed by atoms with Crippen LogP contribution in [0, 0.1) is 17.8 Å². The molecule has 1 saturated heterocycles. The predicted molar refractivity (Wildman–Crippen MR) is 568 cm³/mol. The number of fused-ring (bicyclic) bond motifs is 2. The van der Waals surface area contributed by atoms with E-state index in [9.17, 15) is 9.59 Å². The van der Waals surface area contributed by atoms with E-state index in [0.29, 0.717) is 71.6 Å². The molecule has 10 aromatic carbocycles. The van der Waals surface area contributed by atoms with E-state index < -0.39 is 10.8 Å². The molecule has 3 atom stereocenters. The Kier molecular flexibility index (Phi) is 34.2. The Morgan fingerprint density at radius 3 is 0.971 bits per heavy atom. The number of aromatic nitrogens is 2. The molecule has 0 spiro atoms. The zero-order valence-electron chi connectivity index (χ0n) is 86.7. The summed E-state index contributed by atoms with van der Waals surface area (Å²) in [5, 5.41) is 0. The van der Waals surface area contributed by atoms with Gasteiger partial charge in [0.25, 0.3) is 0 Å². The van der Waals surface area contributed by atoms with Crippen LogP contribution in [0.1, 0.15) is 309 Å². The molecule has 1 saturated carbocycles. The predicted octanol–water partition coefficient (Wildman–Crippen LogP) is 30.2. The summed E-state index contributed by atoms with van der Waals surface area (Å²) in [5.74, 6) is 3.85. The minimum atomic E-state index is -0.622. The molecular formula is C127H152CuN4O8+2. The Morgan fingerprint density at radius 2 is 0.657 bits per heavy atom. The Bertz CT molecular complexity index is 5650. The minimum absolute atomic E-state index is 0. The number of urea groups is 1. The Labute approximate surface area is 848 Å². The minimum Gasteiger partial charge on any atom is -0.494 e. The van der Waals surface area contributed by atoms with Gasteiger partial charge in [0.2, 0.25) is 5.91 Å². The third kappa shape index (κ3) is 25.8. The molecule has 19 rings (SSSR count). The van der Waals surface area contributed by atoms with Crippen molar-refractivity contribution in [3.8, 4) is 34.4 Å². The molecular weight excluding hydrogens is 1770 g/mol. The van der Waals surface area contributed by atoms with E-state index in [4.69, 9.17) is 38.4 Å². The number of carbonyl (C=O) groups excluding carboxylic acids is 2. The number of nitrogens with zero attached hydrogens (tertiary/aromatic N) is 4. The smallest absolute Gasteiger partial charge is 0.494 e. The van der Waals surface area contributed by atoms with Crippen molar-refractivity contribution < 1.29 is 55.1 Å². The van der Waals surface area contributed by atoms with Crippen molar-refractivity contribution in [1.29, 1.82) is 0 Å². The average Bonchev–Trinajstić information content (AvgIpc) is 0.895. The van der Waals surface area contributed by atoms with Crippen LogP contribution in [-0.2, 0) is 101 Å². The summed E-state index contributed by atoms with van der Waals surface area (Å²) < 4.78 is 36.8. The van der Waals surface area contributed by atoms with E-state index in [1.807, 2.05) is 65.6 Å². The van der Waals surface area contributed by atoms with Gasteiger partial charge in [-0.05, 0) is 251 Å². The van der Waals surface area contributed by atoms with Gasteiger partial charge in [-0.1, -0.05) is 381 Å². The van der Waals surface area contributed by atoms with Crippen LogP contribution in [0.25, 0.3) is 11.4 Å². The number of carbonyl (C=O) groups is 2. The number of pyridine rings is 2. The fraction of sp³-hybridized carbons (Fsp3) is 0.417. The molecule has 0 N–H and O–H groups in total. The zero-order valence-corrected chi connectivity index (χ0v) is 87.6. The van der Waals surface area contributed by atoms with Gasteiger partial charge in [0.15, 0.2) is 0 Å². The van der Waals surface area contributed by atoms with Crippen LogP contribution in [0.15, 0.2) is 291 Å². The molecule has 10 bridgehead atoms. The summed E-state index contributed by atoms with van der Waals surface area (Å²) in [6, 6.07) is 101. The van der Waals surface area contributed by atoms with Crippen LogP contribution in [0.2, 0.25) is 0 Å². The van der Waals surface area contributed by atoms with Crippen LogP contribution >= 0.6 is 0 Å². The van der Waals surface area contributed by atoms with E-state index in [-0.39, 0.29) is 73.3 Å². The van der Waals surface area contributed by atoms with Gasteiger partial charge in [-0.25, -0.2) is 14.8 Å². The van der Waals surface area contributed by atoms with Crippen LogP contribution in [0.3, 0.4) is 0 Å². The standard InChI is InChI=1S/C91H110N2O4.C36H42N2O4.Cu/c1-84(2,3)65-22-34-71(35-23-65)90(72-36-24-66(25-37-72)85(4,5)6,73-38-26-67(27-39-73)86(7,8)9)77-46-50-79(51-47-77)96-57-19-21-62-59-64-60-63(62)61-81(64)82(94)93-56-55-92(83(93)95)54-20-58-97-80-52-48-78(49-53-80)91(74-40-28-68(29-41-74)87(10,11)12,75-42-30-69(31-43-75)88(13,14)15)76-44-32-70(33-45-76)89(16,17)18;1-2-4-6-8-24-42-34-21-17-30(18-22-34)26-40-28-32-12-10-14-36(38-32)35-13-9-11-31(37-35)27-39-25-29-15-19-33(20-16-29)41-23-7-5-3-1;/h22-53,59,63-64,81H,19-21,54-58,60-61H2,1-18H3;9-22H,1-8,23-28H2;/q;;+2/t63-,64+,81-;;/m0../s1. The first-order valence-electron chi connectivity index (χ1n) is 51.4. The third-order valence-electron chi connectivity index (χ3n) is 29.0. The molecule has 1 radical (unpaired) electrons. The number of amides is 3. The molecule has 5 aliphatic heterocycles. The van der Waals surface area contributed by atoms with Gasteiger partial charge in [-0.2, -0.15) is 0 Å². The molecule has 12 nitrogen and oxygen atoms in total. The van der Waals surface area contributed by atoms with Crippen LogP contribution in [0.5, 0.6) is 23.0 Å². The van der Waals surface area contributed by atoms with Crippen molar-refractivity contribution in [2.45, 2.75) is 278 Å². The van der Waals surface area contributed by atoms with E-state index in [1.165, 1.54) is 121 Å². The van der Waals surface area contributed by atoms with Gasteiger partial charge < -0.3 is 33.3 Å². The second kappa shape index (κ2) is 45.8. The topological polar surface area (TPSA) is 122 Å². The van der Waals surface area contributed by atoms with Crippen molar-refractivity contribution >= 4 is 11.9 Å². The molecule has 7 aliphatic rings. The van der Waals surface area contributed by atoms with E-state index in [2.05, 4.69) is 349 Å². The maximum Gasteiger partial charge on any atom is 2.00 e. The van der Waals surface area contributed by atoms with Gasteiger partial charge >= 0.3 is 23.1 Å². The molecule has 737 valence electrons. The second-order valence-corrected chi connectivity index (χ2v) is 45.4. The number of allylic oxidation sites excluding steroid dienone is 2. The van der Waals surface area contributed by atoms with Gasteiger partial charge in [0.05, 0.1) is 86.5 Å². The van der Waals surface area contributed by atoms with Crippen molar-refractivity contribution in [1.82, 2.24) is 19.8 Å². The van der Waals surface area contributed by atoms with Crippen LogP contribution < -0.4 is 18.9 Å². The quantitative estimate of drug-likeness (QED) is 0.0335. The van der Waals surface area contributed by atoms with Gasteiger partial charge in [0, 0.05) is 25.6 Å². The summed E-state index contributed by atoms with van der Waals surface area (Å²) in [6.07, 6.45) is 16.4. The summed E-state index contributed by atoms with van der Waals surface area (Å²) in [5.41, 5.74) is 23.4. The fourth-order valence-electron chi connectivity index (χ4n) is 20.5. The molecule has 13 heteroatoms.